The molecule has 1 aromatic rings. The maximum Gasteiger partial charge on any atom is 0.255 e. The van der Waals surface area contributed by atoms with E-state index >= 15 is 0 Å². The lowest BCUT2D eigenvalue weighted by Gasteiger charge is -2.35. The van der Waals surface area contributed by atoms with Crippen LogP contribution >= 0.6 is 0 Å². The van der Waals surface area contributed by atoms with E-state index in [0.29, 0.717) is 17.7 Å². The molecule has 1 aromatic carbocycles. The molecule has 2 N–H and O–H groups in total. The van der Waals surface area contributed by atoms with Gasteiger partial charge in [0.1, 0.15) is 6.61 Å². The van der Waals surface area contributed by atoms with E-state index < -0.39 is 0 Å². The van der Waals surface area contributed by atoms with Gasteiger partial charge in [-0.25, -0.2) is 0 Å². The summed E-state index contributed by atoms with van der Waals surface area (Å²) in [6.45, 7) is 2.38. The monoisotopic (exact) mass is 287 g/mol. The number of piperidine rings is 1. The highest BCUT2D eigenvalue weighted by molar-refractivity contribution is 5.97. The maximum atomic E-state index is 12.7. The molecule has 1 heterocycles. The average molecular weight is 287 g/mol. The van der Waals surface area contributed by atoms with Crippen LogP contribution in [0.15, 0.2) is 18.2 Å². The van der Waals surface area contributed by atoms with Crippen molar-refractivity contribution in [3.8, 4) is 11.8 Å². The zero-order valence-corrected chi connectivity index (χ0v) is 12.3. The van der Waals surface area contributed by atoms with Crippen LogP contribution in [0.3, 0.4) is 0 Å². The molecule has 1 aliphatic heterocycles. The molecule has 0 aromatic heterocycles. The fourth-order valence-corrected chi connectivity index (χ4v) is 2.70. The Kier molecular flexibility index (Phi) is 5.38. The molecule has 1 aliphatic rings. The minimum Gasteiger partial charge on any atom is -0.394 e. The van der Waals surface area contributed by atoms with E-state index in [-0.39, 0.29) is 25.2 Å². The third-order valence-corrected chi connectivity index (χ3v) is 3.81. The van der Waals surface area contributed by atoms with Gasteiger partial charge in [-0.2, -0.15) is 0 Å². The van der Waals surface area contributed by atoms with Gasteiger partial charge in [0.2, 0.25) is 0 Å². The Morgan fingerprint density at radius 2 is 2.19 bits per heavy atom. The van der Waals surface area contributed by atoms with Crippen LogP contribution in [0.25, 0.3) is 0 Å². The molecule has 1 fully saturated rings. The Hall–Kier alpha value is -1.83. The summed E-state index contributed by atoms with van der Waals surface area (Å²) in [5.41, 5.74) is 2.20. The van der Waals surface area contributed by atoms with Gasteiger partial charge in [-0.05, 0) is 43.9 Å². The van der Waals surface area contributed by atoms with Crippen LogP contribution in [-0.4, -0.2) is 46.8 Å². The summed E-state index contributed by atoms with van der Waals surface area (Å²) < 4.78 is 0. The lowest BCUT2D eigenvalue weighted by molar-refractivity contribution is 0.0503. The smallest absolute Gasteiger partial charge is 0.255 e. The number of benzene rings is 1. The van der Waals surface area contributed by atoms with Crippen molar-refractivity contribution in [3.05, 3.63) is 34.9 Å². The molecule has 21 heavy (non-hydrogen) atoms. The van der Waals surface area contributed by atoms with E-state index in [1.807, 2.05) is 19.1 Å². The van der Waals surface area contributed by atoms with Gasteiger partial charge in [-0.3, -0.25) is 4.79 Å². The van der Waals surface area contributed by atoms with E-state index in [1.165, 1.54) is 0 Å². The van der Waals surface area contributed by atoms with Gasteiger partial charge in [0.15, 0.2) is 0 Å². The van der Waals surface area contributed by atoms with Crippen LogP contribution in [0, 0.1) is 18.8 Å². The van der Waals surface area contributed by atoms with Gasteiger partial charge in [-0.1, -0.05) is 17.9 Å². The van der Waals surface area contributed by atoms with Crippen LogP contribution in [0.5, 0.6) is 0 Å². The lowest BCUT2D eigenvalue weighted by atomic mass is 9.98. The number of aryl methyl sites for hydroxylation is 1. The predicted octanol–water partition coefficient (Wildman–Crippen LogP) is 1.33. The minimum absolute atomic E-state index is 0.00471. The Morgan fingerprint density at radius 1 is 1.38 bits per heavy atom. The van der Waals surface area contributed by atoms with Gasteiger partial charge in [0, 0.05) is 12.1 Å². The van der Waals surface area contributed by atoms with Crippen LogP contribution in [0.2, 0.25) is 0 Å². The van der Waals surface area contributed by atoms with Gasteiger partial charge in [0.25, 0.3) is 5.91 Å². The average Bonchev–Trinajstić information content (AvgIpc) is 2.52. The lowest BCUT2D eigenvalue weighted by Crippen LogP contribution is -2.45. The maximum absolute atomic E-state index is 12.7. The standard InChI is InChI=1S/C17H21NO3/c1-13-7-8-16(14(11-13)5-4-10-19)17(21)18-9-3-2-6-15(18)12-20/h7-8,11,15,19-20H,2-3,6,9-10,12H2,1H3. The number of aliphatic hydroxyl groups excluding tert-OH is 2. The second kappa shape index (κ2) is 7.26. The van der Waals surface area contributed by atoms with E-state index in [0.717, 1.165) is 24.8 Å². The van der Waals surface area contributed by atoms with Gasteiger partial charge in [-0.15, -0.1) is 0 Å². The van der Waals surface area contributed by atoms with Crippen LogP contribution < -0.4 is 0 Å². The normalized spacial score (nSPS) is 18.0. The summed E-state index contributed by atoms with van der Waals surface area (Å²) in [6, 6.07) is 5.41. The molecule has 4 heteroatoms. The molecule has 1 amide bonds. The van der Waals surface area contributed by atoms with Crippen LogP contribution in [0.4, 0.5) is 0 Å². The van der Waals surface area contributed by atoms with Crippen molar-refractivity contribution in [2.75, 3.05) is 19.8 Å². The molecule has 1 atom stereocenters. The largest absolute Gasteiger partial charge is 0.394 e. The van der Waals surface area contributed by atoms with Crippen LogP contribution in [0.1, 0.15) is 40.7 Å². The number of rotatable bonds is 2. The zero-order valence-electron chi connectivity index (χ0n) is 12.3. The number of aliphatic hydroxyl groups is 2. The number of carbonyl (C=O) groups is 1. The van der Waals surface area contributed by atoms with Crippen LogP contribution in [-0.2, 0) is 0 Å². The first-order valence-electron chi connectivity index (χ1n) is 7.29. The Labute approximate surface area is 125 Å². The van der Waals surface area contributed by atoms with E-state index in [2.05, 4.69) is 11.8 Å². The first kappa shape index (κ1) is 15.6. The van der Waals surface area contributed by atoms with Crippen molar-refractivity contribution in [2.24, 2.45) is 0 Å². The summed E-state index contributed by atoms with van der Waals surface area (Å²) in [4.78, 5) is 14.5. The Balaban J connectivity index is 2.33. The third-order valence-electron chi connectivity index (χ3n) is 3.81. The molecule has 0 aliphatic carbocycles. The molecule has 0 saturated carbocycles. The van der Waals surface area contributed by atoms with E-state index in [1.54, 1.807) is 11.0 Å². The molecule has 1 saturated heterocycles. The Morgan fingerprint density at radius 3 is 2.90 bits per heavy atom. The van der Waals surface area contributed by atoms with E-state index in [9.17, 15) is 9.90 Å². The van der Waals surface area contributed by atoms with Crippen molar-refractivity contribution in [3.63, 3.8) is 0 Å². The number of nitrogens with zero attached hydrogens (tertiary/aromatic N) is 1. The summed E-state index contributed by atoms with van der Waals surface area (Å²) in [5, 5.41) is 18.3. The number of carbonyl (C=O) groups excluding carboxylic acids is 1. The van der Waals surface area contributed by atoms with Crippen molar-refractivity contribution < 1.29 is 15.0 Å². The molecule has 1 unspecified atom stereocenters. The number of hydrogen-bond donors (Lipinski definition) is 2. The summed E-state index contributed by atoms with van der Waals surface area (Å²) in [5.74, 6) is 5.36. The second-order valence-corrected chi connectivity index (χ2v) is 5.34. The highest BCUT2D eigenvalue weighted by Gasteiger charge is 2.27. The molecular weight excluding hydrogens is 266 g/mol. The fourth-order valence-electron chi connectivity index (χ4n) is 2.70. The van der Waals surface area contributed by atoms with Gasteiger partial charge < -0.3 is 15.1 Å². The highest BCUT2D eigenvalue weighted by atomic mass is 16.3. The van der Waals surface area contributed by atoms with Crippen molar-refractivity contribution in [2.45, 2.75) is 32.2 Å². The quantitative estimate of drug-likeness (QED) is 0.807. The molecule has 0 spiro atoms. The topological polar surface area (TPSA) is 60.8 Å². The van der Waals surface area contributed by atoms with Crippen molar-refractivity contribution in [1.29, 1.82) is 0 Å². The summed E-state index contributed by atoms with van der Waals surface area (Å²) >= 11 is 0. The molecule has 112 valence electrons. The first-order chi connectivity index (χ1) is 10.2. The highest BCUT2D eigenvalue weighted by Crippen LogP contribution is 2.21. The van der Waals surface area contributed by atoms with Crippen molar-refractivity contribution in [1.82, 2.24) is 4.90 Å². The van der Waals surface area contributed by atoms with Gasteiger partial charge in [0.05, 0.1) is 18.2 Å². The second-order valence-electron chi connectivity index (χ2n) is 5.34. The predicted molar refractivity (Wildman–Crippen MR) is 80.9 cm³/mol. The minimum atomic E-state index is -0.232. The van der Waals surface area contributed by atoms with Gasteiger partial charge >= 0.3 is 0 Å². The molecule has 0 bridgehead atoms. The SMILES string of the molecule is Cc1ccc(C(=O)N2CCCCC2CO)c(C#CCO)c1. The Bertz CT molecular complexity index is 571. The number of hydrogen-bond acceptors (Lipinski definition) is 3. The number of amides is 1. The zero-order chi connectivity index (χ0) is 15.2. The molecular formula is C17H21NO3. The third kappa shape index (κ3) is 3.63. The number of likely N-dealkylation sites (tertiary alicyclic amines) is 1. The van der Waals surface area contributed by atoms with Crippen molar-refractivity contribution >= 4 is 5.91 Å². The fraction of sp³-hybridized carbons (Fsp3) is 0.471. The van der Waals surface area contributed by atoms with E-state index in [4.69, 9.17) is 5.11 Å². The molecule has 0 radical (unpaired) electrons. The summed E-state index contributed by atoms with van der Waals surface area (Å²) in [6.07, 6.45) is 2.84. The molecule has 4 nitrogen and oxygen atoms in total. The molecule has 2 rings (SSSR count). The first-order valence-corrected chi connectivity index (χ1v) is 7.29. The summed E-state index contributed by atoms with van der Waals surface area (Å²) in [7, 11) is 0.